The van der Waals surface area contributed by atoms with E-state index in [1.54, 1.807) is 7.11 Å². The zero-order chi connectivity index (χ0) is 14.4. The summed E-state index contributed by atoms with van der Waals surface area (Å²) in [6.45, 7) is 11.4. The Morgan fingerprint density at radius 3 is 1.17 bits per heavy atom. The first kappa shape index (κ1) is 39.0. The smallest absolute Gasteiger partial charge is 0.0700 e. The molecule has 0 aliphatic carbocycles. The van der Waals surface area contributed by atoms with Crippen molar-refractivity contribution >= 4 is 0 Å². The molecule has 0 saturated heterocycles. The van der Waals surface area contributed by atoms with Crippen LogP contribution in [0.5, 0.6) is 0 Å². The van der Waals surface area contributed by atoms with Gasteiger partial charge in [0, 0.05) is 26.9 Å². The van der Waals surface area contributed by atoms with Gasteiger partial charge < -0.3 is 23.7 Å². The lowest BCUT2D eigenvalue weighted by molar-refractivity contribution is -0.106. The maximum atomic E-state index is 5.67. The third-order valence-electron chi connectivity index (χ3n) is 2.68. The zero-order valence-corrected chi connectivity index (χ0v) is 12.9. The highest BCUT2D eigenvalue weighted by atomic mass is 16.5. The zero-order valence-electron chi connectivity index (χ0n) is 12.9. The van der Waals surface area contributed by atoms with E-state index in [9.17, 15) is 0 Å². The molecule has 0 aromatic heterocycles. The average molecular weight is 359 g/mol. The van der Waals surface area contributed by atoms with Gasteiger partial charge in [-0.25, -0.2) is 0 Å². The Morgan fingerprint density at radius 2 is 0.875 bits per heavy atom. The van der Waals surface area contributed by atoms with E-state index >= 15 is 0 Å². The summed E-state index contributed by atoms with van der Waals surface area (Å²) in [6, 6.07) is 0. The minimum absolute atomic E-state index is 0. The van der Waals surface area contributed by atoms with Crippen molar-refractivity contribution in [2.24, 2.45) is 5.41 Å². The molecule has 5 heteroatoms. The van der Waals surface area contributed by atoms with Gasteiger partial charge in [0.15, 0.2) is 0 Å². The first-order valence-electron chi connectivity index (χ1n) is 7.04. The molecule has 24 heavy (non-hydrogen) atoms. The number of hydrogen-bond acceptors (Lipinski definition) is 5. The van der Waals surface area contributed by atoms with Gasteiger partial charge in [0.1, 0.15) is 0 Å². The molecule has 0 saturated carbocycles. The molecule has 5 nitrogen and oxygen atoms in total. The Balaban J connectivity index is -0.000000162. The van der Waals surface area contributed by atoms with Gasteiger partial charge in [0.25, 0.3) is 0 Å². The standard InChI is InChI=1S/C14H30O5.5CH4/c1-5-16-10-14(11-17-6-2,12-18-7-3)13-19-9-8-15-4;;;;;/h5-13H2,1-4H3;5*1H4. The van der Waals surface area contributed by atoms with Crippen LogP contribution in [0.4, 0.5) is 0 Å². The third kappa shape index (κ3) is 19.8. The van der Waals surface area contributed by atoms with E-state index in [0.29, 0.717) is 59.5 Å². The van der Waals surface area contributed by atoms with Crippen LogP contribution in [0.2, 0.25) is 0 Å². The Hall–Kier alpha value is -0.200. The Morgan fingerprint density at radius 1 is 0.542 bits per heavy atom. The van der Waals surface area contributed by atoms with E-state index in [0.717, 1.165) is 0 Å². The first-order valence-corrected chi connectivity index (χ1v) is 7.04. The van der Waals surface area contributed by atoms with Gasteiger partial charge in [0.2, 0.25) is 0 Å². The Kier molecular flexibility index (Phi) is 45.0. The highest BCUT2D eigenvalue weighted by Crippen LogP contribution is 2.20. The lowest BCUT2D eigenvalue weighted by Crippen LogP contribution is -2.42. The van der Waals surface area contributed by atoms with Crippen LogP contribution in [0, 0.1) is 5.41 Å². The SMILES string of the molecule is C.C.C.C.C.CCOCC(COCC)(COCC)COCCOC. The van der Waals surface area contributed by atoms with Crippen LogP contribution in [0.1, 0.15) is 57.9 Å². The van der Waals surface area contributed by atoms with Gasteiger partial charge >= 0.3 is 0 Å². The number of methoxy groups -OCH3 is 1. The summed E-state index contributed by atoms with van der Waals surface area (Å²) in [5, 5.41) is 0. The van der Waals surface area contributed by atoms with Crippen LogP contribution < -0.4 is 0 Å². The topological polar surface area (TPSA) is 46.2 Å². The second-order valence-electron chi connectivity index (χ2n) is 4.46. The number of hydrogen-bond donors (Lipinski definition) is 0. The van der Waals surface area contributed by atoms with Crippen LogP contribution >= 0.6 is 0 Å². The van der Waals surface area contributed by atoms with Gasteiger partial charge in [-0.05, 0) is 20.8 Å². The molecule has 0 aliphatic rings. The predicted molar refractivity (Wildman–Crippen MR) is 108 cm³/mol. The maximum Gasteiger partial charge on any atom is 0.0700 e. The molecule has 156 valence electrons. The van der Waals surface area contributed by atoms with Crippen molar-refractivity contribution in [1.29, 1.82) is 0 Å². The molecular formula is C19H50O5. The summed E-state index contributed by atoms with van der Waals surface area (Å²) in [4.78, 5) is 0. The van der Waals surface area contributed by atoms with Crippen LogP contribution in [0.15, 0.2) is 0 Å². The number of ether oxygens (including phenoxy) is 5. The summed E-state index contributed by atoms with van der Waals surface area (Å²) >= 11 is 0. The summed E-state index contributed by atoms with van der Waals surface area (Å²) in [6.07, 6.45) is 0. The van der Waals surface area contributed by atoms with E-state index < -0.39 is 0 Å². The van der Waals surface area contributed by atoms with E-state index in [1.165, 1.54) is 0 Å². The third-order valence-corrected chi connectivity index (χ3v) is 2.68. The van der Waals surface area contributed by atoms with Gasteiger partial charge in [-0.2, -0.15) is 0 Å². The van der Waals surface area contributed by atoms with Crippen LogP contribution in [0.25, 0.3) is 0 Å². The largest absolute Gasteiger partial charge is 0.382 e. The lowest BCUT2D eigenvalue weighted by atomic mass is 9.92. The molecule has 0 aliphatic heterocycles. The van der Waals surface area contributed by atoms with Crippen molar-refractivity contribution in [3.05, 3.63) is 0 Å². The van der Waals surface area contributed by atoms with E-state index in [4.69, 9.17) is 23.7 Å². The second-order valence-corrected chi connectivity index (χ2v) is 4.46. The van der Waals surface area contributed by atoms with Crippen molar-refractivity contribution in [1.82, 2.24) is 0 Å². The van der Waals surface area contributed by atoms with Crippen molar-refractivity contribution in [2.75, 3.05) is 66.6 Å². The van der Waals surface area contributed by atoms with E-state index in [-0.39, 0.29) is 42.5 Å². The molecule has 0 aromatic carbocycles. The first-order chi connectivity index (χ1) is 9.24. The monoisotopic (exact) mass is 358 g/mol. The minimum atomic E-state index is -0.240. The normalized spacial score (nSPS) is 9.50. The highest BCUT2D eigenvalue weighted by Gasteiger charge is 2.32. The average Bonchev–Trinajstić information content (AvgIpc) is 2.44. The van der Waals surface area contributed by atoms with Crippen LogP contribution in [-0.2, 0) is 23.7 Å². The Labute approximate surface area is 154 Å². The molecule has 0 aromatic rings. The molecule has 0 atom stereocenters. The Bertz CT molecular complexity index is 167. The molecule has 0 spiro atoms. The molecule has 0 heterocycles. The lowest BCUT2D eigenvalue weighted by Gasteiger charge is -2.32. The molecular weight excluding hydrogens is 308 g/mol. The quantitative estimate of drug-likeness (QED) is 0.412. The molecule has 0 fully saturated rings. The summed E-state index contributed by atoms with van der Waals surface area (Å²) in [5.74, 6) is 0. The highest BCUT2D eigenvalue weighted by molar-refractivity contribution is 4.79. The molecule has 0 N–H and O–H groups in total. The molecule has 0 radical (unpaired) electrons. The fourth-order valence-electron chi connectivity index (χ4n) is 1.64. The maximum absolute atomic E-state index is 5.67. The summed E-state index contributed by atoms with van der Waals surface area (Å²) in [5.41, 5.74) is -0.240. The number of rotatable bonds is 14. The predicted octanol–water partition coefficient (Wildman–Crippen LogP) is 4.93. The molecule has 0 unspecified atom stereocenters. The van der Waals surface area contributed by atoms with Gasteiger partial charge in [0.05, 0.1) is 45.1 Å². The van der Waals surface area contributed by atoms with E-state index in [1.807, 2.05) is 20.8 Å². The van der Waals surface area contributed by atoms with Crippen molar-refractivity contribution < 1.29 is 23.7 Å². The fourth-order valence-corrected chi connectivity index (χ4v) is 1.64. The van der Waals surface area contributed by atoms with Crippen molar-refractivity contribution in [3.8, 4) is 0 Å². The van der Waals surface area contributed by atoms with Gasteiger partial charge in [-0.15, -0.1) is 0 Å². The van der Waals surface area contributed by atoms with E-state index in [2.05, 4.69) is 0 Å². The summed E-state index contributed by atoms with van der Waals surface area (Å²) < 4.78 is 27.4. The van der Waals surface area contributed by atoms with Crippen molar-refractivity contribution in [2.45, 2.75) is 57.9 Å². The van der Waals surface area contributed by atoms with Crippen LogP contribution in [0.3, 0.4) is 0 Å². The van der Waals surface area contributed by atoms with Gasteiger partial charge in [-0.3, -0.25) is 0 Å². The van der Waals surface area contributed by atoms with Crippen molar-refractivity contribution in [3.63, 3.8) is 0 Å². The fraction of sp³-hybridized carbons (Fsp3) is 1.00. The minimum Gasteiger partial charge on any atom is -0.382 e. The van der Waals surface area contributed by atoms with Gasteiger partial charge in [-0.1, -0.05) is 37.1 Å². The molecule has 0 amide bonds. The molecule has 0 rings (SSSR count). The second kappa shape index (κ2) is 27.6. The van der Waals surface area contributed by atoms with Crippen LogP contribution in [-0.4, -0.2) is 66.6 Å². The summed E-state index contributed by atoms with van der Waals surface area (Å²) in [7, 11) is 1.66. The molecule has 0 bridgehead atoms.